The highest BCUT2D eigenvalue weighted by Gasteiger charge is 2.34. The Morgan fingerprint density at radius 2 is 2.03 bits per heavy atom. The van der Waals surface area contributed by atoms with Crippen molar-refractivity contribution in [3.05, 3.63) is 81.7 Å². The van der Waals surface area contributed by atoms with Crippen molar-refractivity contribution in [1.82, 2.24) is 35.1 Å². The maximum Gasteiger partial charge on any atom is 0.253 e. The maximum atomic E-state index is 13.8. The van der Waals surface area contributed by atoms with Crippen molar-refractivity contribution in [3.8, 4) is 0 Å². The number of hydrogen-bond acceptors (Lipinski definition) is 7. The van der Waals surface area contributed by atoms with E-state index in [2.05, 4.69) is 48.6 Å². The number of fused-ring (bicyclic) bond motifs is 1. The van der Waals surface area contributed by atoms with E-state index in [4.69, 9.17) is 4.74 Å². The van der Waals surface area contributed by atoms with Crippen LogP contribution in [-0.2, 0) is 11.3 Å². The Bertz CT molecular complexity index is 1420. The fraction of sp³-hybridized carbons (Fsp3) is 0.483. The van der Waals surface area contributed by atoms with Gasteiger partial charge in [0.1, 0.15) is 6.04 Å². The molecule has 1 aliphatic carbocycles. The number of H-pyrrole nitrogens is 1. The lowest BCUT2D eigenvalue weighted by molar-refractivity contribution is 0.0567. The van der Waals surface area contributed by atoms with E-state index in [1.165, 1.54) is 19.3 Å². The molecule has 1 N–H and O–H groups in total. The molecule has 0 spiro atoms. The Morgan fingerprint density at radius 1 is 1.13 bits per heavy atom. The van der Waals surface area contributed by atoms with Crippen LogP contribution in [0.3, 0.4) is 0 Å². The molecule has 6 rings (SSSR count). The minimum atomic E-state index is -0.439. The summed E-state index contributed by atoms with van der Waals surface area (Å²) in [6, 6.07) is 12.0. The fourth-order valence-electron chi connectivity index (χ4n) is 6.04. The van der Waals surface area contributed by atoms with Crippen LogP contribution in [0.4, 0.5) is 0 Å². The number of ether oxygens (including phenoxy) is 1. The summed E-state index contributed by atoms with van der Waals surface area (Å²) in [5.41, 5.74) is 3.54. The number of rotatable bonds is 8. The summed E-state index contributed by atoms with van der Waals surface area (Å²) in [6.07, 6.45) is 11.5. The summed E-state index contributed by atoms with van der Waals surface area (Å²) < 4.78 is 8.08. The summed E-state index contributed by atoms with van der Waals surface area (Å²) in [5, 5.41) is 14.2. The SMILES string of the molecule is Cc1ccc2cc(C(c3nnnn3C3CCCCC3)N(Cc3cccnc3)CC3CCCO3)c(=O)[nH]c2c1. The van der Waals surface area contributed by atoms with Crippen molar-refractivity contribution < 1.29 is 4.74 Å². The highest BCUT2D eigenvalue weighted by atomic mass is 16.5. The van der Waals surface area contributed by atoms with Crippen LogP contribution in [0.5, 0.6) is 0 Å². The third-order valence-corrected chi connectivity index (χ3v) is 7.94. The van der Waals surface area contributed by atoms with Gasteiger partial charge in [0.05, 0.1) is 12.1 Å². The zero-order valence-corrected chi connectivity index (χ0v) is 21.9. The number of aromatic amines is 1. The molecular formula is C29H35N7O2. The van der Waals surface area contributed by atoms with Crippen LogP contribution < -0.4 is 5.56 Å². The van der Waals surface area contributed by atoms with Gasteiger partial charge in [-0.1, -0.05) is 37.5 Å². The van der Waals surface area contributed by atoms with E-state index >= 15 is 0 Å². The van der Waals surface area contributed by atoms with Gasteiger partial charge in [0.15, 0.2) is 5.82 Å². The minimum absolute atomic E-state index is 0.0929. The molecule has 3 aromatic heterocycles. The molecule has 9 heteroatoms. The largest absolute Gasteiger partial charge is 0.377 e. The number of aryl methyl sites for hydroxylation is 1. The fourth-order valence-corrected chi connectivity index (χ4v) is 6.04. The van der Waals surface area contributed by atoms with Gasteiger partial charge < -0.3 is 9.72 Å². The first-order valence-electron chi connectivity index (χ1n) is 13.8. The third-order valence-electron chi connectivity index (χ3n) is 7.94. The smallest absolute Gasteiger partial charge is 0.253 e. The topological polar surface area (TPSA) is 102 Å². The second-order valence-electron chi connectivity index (χ2n) is 10.7. The number of aromatic nitrogens is 6. The van der Waals surface area contributed by atoms with Gasteiger partial charge in [0.2, 0.25) is 0 Å². The molecular weight excluding hydrogens is 478 g/mol. The minimum Gasteiger partial charge on any atom is -0.377 e. The summed E-state index contributed by atoms with van der Waals surface area (Å²) in [5.74, 6) is 0.718. The van der Waals surface area contributed by atoms with Crippen molar-refractivity contribution in [1.29, 1.82) is 0 Å². The van der Waals surface area contributed by atoms with E-state index in [9.17, 15) is 4.79 Å². The van der Waals surface area contributed by atoms with Gasteiger partial charge in [-0.15, -0.1) is 5.10 Å². The molecule has 1 aromatic carbocycles. The molecule has 2 fully saturated rings. The van der Waals surface area contributed by atoms with Crippen molar-refractivity contribution in [2.75, 3.05) is 13.2 Å². The van der Waals surface area contributed by atoms with Gasteiger partial charge in [-0.25, -0.2) is 4.68 Å². The van der Waals surface area contributed by atoms with Gasteiger partial charge >= 0.3 is 0 Å². The van der Waals surface area contributed by atoms with Gasteiger partial charge in [-0.3, -0.25) is 14.7 Å². The molecule has 1 saturated carbocycles. The monoisotopic (exact) mass is 513 g/mol. The zero-order valence-electron chi connectivity index (χ0n) is 21.9. The molecule has 0 bridgehead atoms. The molecule has 0 amide bonds. The average Bonchev–Trinajstić information content (AvgIpc) is 3.63. The van der Waals surface area contributed by atoms with E-state index in [1.54, 1.807) is 6.20 Å². The van der Waals surface area contributed by atoms with E-state index < -0.39 is 6.04 Å². The summed E-state index contributed by atoms with van der Waals surface area (Å²) in [7, 11) is 0. The van der Waals surface area contributed by atoms with Gasteiger partial charge in [0.25, 0.3) is 5.56 Å². The van der Waals surface area contributed by atoms with Crippen LogP contribution >= 0.6 is 0 Å². The van der Waals surface area contributed by atoms with Crippen molar-refractivity contribution in [2.45, 2.75) is 76.6 Å². The number of tetrazole rings is 1. The van der Waals surface area contributed by atoms with Gasteiger partial charge in [-0.05, 0) is 77.7 Å². The highest BCUT2D eigenvalue weighted by Crippen LogP contribution is 2.34. The number of hydrogen-bond donors (Lipinski definition) is 1. The molecule has 2 aliphatic rings. The van der Waals surface area contributed by atoms with Crippen LogP contribution in [0.2, 0.25) is 0 Å². The quantitative estimate of drug-likeness (QED) is 0.370. The molecule has 1 aliphatic heterocycles. The van der Waals surface area contributed by atoms with Crippen LogP contribution in [0.15, 0.2) is 53.6 Å². The third kappa shape index (κ3) is 5.26. The molecule has 9 nitrogen and oxygen atoms in total. The van der Waals surface area contributed by atoms with Crippen molar-refractivity contribution >= 4 is 10.9 Å². The molecule has 4 aromatic rings. The van der Waals surface area contributed by atoms with E-state index in [1.807, 2.05) is 36.0 Å². The first kappa shape index (κ1) is 24.9. The Balaban J connectivity index is 1.50. The Morgan fingerprint density at radius 3 is 2.82 bits per heavy atom. The number of nitrogens with zero attached hydrogens (tertiary/aromatic N) is 6. The second-order valence-corrected chi connectivity index (χ2v) is 10.7. The average molecular weight is 514 g/mol. The summed E-state index contributed by atoms with van der Waals surface area (Å²) in [4.78, 5) is 23.6. The lowest BCUT2D eigenvalue weighted by Crippen LogP contribution is -2.39. The van der Waals surface area contributed by atoms with E-state index in [0.29, 0.717) is 18.7 Å². The molecule has 0 radical (unpaired) electrons. The van der Waals surface area contributed by atoms with Crippen LogP contribution in [0.25, 0.3) is 10.9 Å². The molecule has 2 atom stereocenters. The predicted octanol–water partition coefficient (Wildman–Crippen LogP) is 4.49. The first-order chi connectivity index (χ1) is 18.7. The molecule has 1 saturated heterocycles. The molecule has 198 valence electrons. The van der Waals surface area contributed by atoms with Crippen molar-refractivity contribution in [3.63, 3.8) is 0 Å². The standard InChI is InChI=1S/C29H35N7O2/c1-20-11-12-22-16-25(29(37)31-26(22)15-20)27(28-32-33-34-36(28)23-8-3-2-4-9-23)35(19-24-10-6-14-38-24)18-21-7-5-13-30-17-21/h5,7,11-13,15-17,23-24,27H,2-4,6,8-10,14,18-19H2,1H3,(H,31,37). The highest BCUT2D eigenvalue weighted by molar-refractivity contribution is 5.79. The van der Waals surface area contributed by atoms with Crippen molar-refractivity contribution in [2.24, 2.45) is 0 Å². The van der Waals surface area contributed by atoms with Gasteiger partial charge in [-0.2, -0.15) is 0 Å². The first-order valence-corrected chi connectivity index (χ1v) is 13.8. The van der Waals surface area contributed by atoms with E-state index in [0.717, 1.165) is 60.1 Å². The Labute approximate surface area is 222 Å². The Kier molecular flexibility index (Phi) is 7.29. The predicted molar refractivity (Wildman–Crippen MR) is 145 cm³/mol. The normalized spacial score (nSPS) is 19.4. The molecule has 38 heavy (non-hydrogen) atoms. The second kappa shape index (κ2) is 11.1. The molecule has 2 unspecified atom stereocenters. The molecule has 4 heterocycles. The zero-order chi connectivity index (χ0) is 25.9. The van der Waals surface area contributed by atoms with Crippen LogP contribution in [0.1, 0.15) is 79.5 Å². The van der Waals surface area contributed by atoms with Crippen LogP contribution in [-0.4, -0.2) is 54.3 Å². The number of nitrogens with one attached hydrogen (secondary N) is 1. The summed E-state index contributed by atoms with van der Waals surface area (Å²) in [6.45, 7) is 4.07. The van der Waals surface area contributed by atoms with E-state index in [-0.39, 0.29) is 17.7 Å². The number of benzene rings is 1. The lowest BCUT2D eigenvalue weighted by Gasteiger charge is -2.34. The lowest BCUT2D eigenvalue weighted by atomic mass is 9.95. The van der Waals surface area contributed by atoms with Gasteiger partial charge in [0, 0.05) is 43.2 Å². The maximum absolute atomic E-state index is 13.8. The Hall–Kier alpha value is -3.43. The van der Waals surface area contributed by atoms with Crippen LogP contribution in [0, 0.1) is 6.92 Å². The number of pyridine rings is 2. The summed E-state index contributed by atoms with van der Waals surface area (Å²) >= 11 is 0.